The summed E-state index contributed by atoms with van der Waals surface area (Å²) in [6.07, 6.45) is 4.23. The van der Waals surface area contributed by atoms with Crippen LogP contribution >= 0.6 is 0 Å². The number of H-pyrrole nitrogens is 1. The summed E-state index contributed by atoms with van der Waals surface area (Å²) < 4.78 is 0. The van der Waals surface area contributed by atoms with Crippen LogP contribution in [0.15, 0.2) is 12.5 Å². The SMILES string of the molecule is NC(=O)CCC(=O)NCCc1cnc[nH]1. The molecule has 2 amide bonds. The fraction of sp³-hybridized carbons (Fsp3) is 0.444. The molecule has 1 heterocycles. The summed E-state index contributed by atoms with van der Waals surface area (Å²) >= 11 is 0. The third-order valence-corrected chi connectivity index (χ3v) is 1.87. The van der Waals surface area contributed by atoms with Crippen LogP contribution in [0, 0.1) is 0 Å². The highest BCUT2D eigenvalue weighted by atomic mass is 16.2. The molecular formula is C9H14N4O2. The van der Waals surface area contributed by atoms with Crippen molar-refractivity contribution < 1.29 is 9.59 Å². The van der Waals surface area contributed by atoms with Crippen LogP contribution in [0.3, 0.4) is 0 Å². The van der Waals surface area contributed by atoms with Gasteiger partial charge in [0, 0.05) is 37.7 Å². The van der Waals surface area contributed by atoms with Gasteiger partial charge >= 0.3 is 0 Å². The number of amides is 2. The molecule has 4 N–H and O–H groups in total. The molecule has 0 aliphatic rings. The molecule has 1 rings (SSSR count). The Bertz CT molecular complexity index is 321. The van der Waals surface area contributed by atoms with Crippen molar-refractivity contribution in [3.05, 3.63) is 18.2 Å². The highest BCUT2D eigenvalue weighted by molar-refractivity contribution is 5.82. The average molecular weight is 210 g/mol. The number of hydrogen-bond donors (Lipinski definition) is 3. The van der Waals surface area contributed by atoms with E-state index in [2.05, 4.69) is 15.3 Å². The fourth-order valence-electron chi connectivity index (χ4n) is 1.08. The Kier molecular flexibility index (Phi) is 4.33. The predicted molar refractivity (Wildman–Crippen MR) is 53.7 cm³/mol. The van der Waals surface area contributed by atoms with Gasteiger partial charge in [0.2, 0.25) is 11.8 Å². The van der Waals surface area contributed by atoms with Crippen LogP contribution in [0.2, 0.25) is 0 Å². The monoisotopic (exact) mass is 210 g/mol. The number of imidazole rings is 1. The molecule has 0 atom stereocenters. The Hall–Kier alpha value is -1.85. The van der Waals surface area contributed by atoms with Crippen molar-refractivity contribution in [2.24, 2.45) is 5.73 Å². The summed E-state index contributed by atoms with van der Waals surface area (Å²) in [6.45, 7) is 0.528. The molecule has 0 unspecified atom stereocenters. The van der Waals surface area contributed by atoms with Gasteiger partial charge in [0.15, 0.2) is 0 Å². The first-order chi connectivity index (χ1) is 7.18. The highest BCUT2D eigenvalue weighted by Gasteiger charge is 2.03. The molecule has 1 aromatic heterocycles. The number of carbonyl (C=O) groups excluding carboxylic acids is 2. The minimum Gasteiger partial charge on any atom is -0.370 e. The summed E-state index contributed by atoms with van der Waals surface area (Å²) in [5, 5.41) is 2.68. The molecule has 0 saturated heterocycles. The Morgan fingerprint density at radius 3 is 2.87 bits per heavy atom. The largest absolute Gasteiger partial charge is 0.370 e. The van der Waals surface area contributed by atoms with Crippen molar-refractivity contribution in [2.75, 3.05) is 6.54 Å². The zero-order valence-electron chi connectivity index (χ0n) is 8.32. The number of aromatic amines is 1. The number of aromatic nitrogens is 2. The van der Waals surface area contributed by atoms with Gasteiger partial charge in [-0.2, -0.15) is 0 Å². The van der Waals surface area contributed by atoms with Crippen LogP contribution in [0.4, 0.5) is 0 Å². The first-order valence-corrected chi connectivity index (χ1v) is 4.70. The fourth-order valence-corrected chi connectivity index (χ4v) is 1.08. The van der Waals surface area contributed by atoms with E-state index >= 15 is 0 Å². The minimum atomic E-state index is -0.460. The van der Waals surface area contributed by atoms with Gasteiger partial charge < -0.3 is 16.0 Å². The Labute approximate surface area is 87.3 Å². The maximum absolute atomic E-state index is 11.1. The minimum absolute atomic E-state index is 0.0931. The Morgan fingerprint density at radius 2 is 2.27 bits per heavy atom. The number of carbonyl (C=O) groups is 2. The molecule has 6 nitrogen and oxygen atoms in total. The molecule has 0 spiro atoms. The van der Waals surface area contributed by atoms with Gasteiger partial charge in [-0.25, -0.2) is 4.98 Å². The number of rotatable bonds is 6. The van der Waals surface area contributed by atoms with Gasteiger partial charge in [-0.05, 0) is 0 Å². The molecule has 0 aromatic carbocycles. The smallest absolute Gasteiger partial charge is 0.220 e. The number of nitrogens with one attached hydrogen (secondary N) is 2. The van der Waals surface area contributed by atoms with Crippen molar-refractivity contribution in [1.29, 1.82) is 0 Å². The Balaban J connectivity index is 2.09. The Morgan fingerprint density at radius 1 is 1.47 bits per heavy atom. The van der Waals surface area contributed by atoms with E-state index in [-0.39, 0.29) is 18.7 Å². The zero-order valence-corrected chi connectivity index (χ0v) is 8.32. The van der Waals surface area contributed by atoms with Crippen molar-refractivity contribution in [3.8, 4) is 0 Å². The summed E-state index contributed by atoms with van der Waals surface area (Å²) in [6, 6.07) is 0. The molecule has 1 aromatic rings. The van der Waals surface area contributed by atoms with Crippen molar-refractivity contribution in [3.63, 3.8) is 0 Å². The van der Waals surface area contributed by atoms with Crippen molar-refractivity contribution >= 4 is 11.8 Å². The first kappa shape index (κ1) is 11.2. The number of hydrogen-bond acceptors (Lipinski definition) is 3. The standard InChI is InChI=1S/C9H14N4O2/c10-8(14)1-2-9(15)12-4-3-7-5-11-6-13-7/h5-6H,1-4H2,(H2,10,14)(H,11,13)(H,12,15). The maximum atomic E-state index is 11.1. The summed E-state index contributed by atoms with van der Waals surface area (Å²) in [5.74, 6) is -0.618. The van der Waals surface area contributed by atoms with Crippen LogP contribution in [0.25, 0.3) is 0 Å². The van der Waals surface area contributed by atoms with E-state index < -0.39 is 5.91 Å². The molecule has 0 saturated carbocycles. The zero-order chi connectivity index (χ0) is 11.1. The molecule has 15 heavy (non-hydrogen) atoms. The van der Waals surface area contributed by atoms with E-state index in [0.717, 1.165) is 5.69 Å². The molecule has 0 bridgehead atoms. The van der Waals surface area contributed by atoms with Crippen LogP contribution < -0.4 is 11.1 Å². The van der Waals surface area contributed by atoms with Gasteiger partial charge in [-0.3, -0.25) is 9.59 Å². The van der Waals surface area contributed by atoms with Crippen LogP contribution in [-0.2, 0) is 16.0 Å². The molecule has 0 fully saturated rings. The van der Waals surface area contributed by atoms with Gasteiger partial charge in [0.05, 0.1) is 6.33 Å². The van der Waals surface area contributed by atoms with Crippen LogP contribution in [0.1, 0.15) is 18.5 Å². The van der Waals surface area contributed by atoms with Gasteiger partial charge in [0.25, 0.3) is 0 Å². The number of nitrogens with two attached hydrogens (primary N) is 1. The lowest BCUT2D eigenvalue weighted by Gasteiger charge is -2.02. The first-order valence-electron chi connectivity index (χ1n) is 4.70. The summed E-state index contributed by atoms with van der Waals surface area (Å²) in [4.78, 5) is 28.3. The van der Waals surface area contributed by atoms with Gasteiger partial charge in [-0.1, -0.05) is 0 Å². The lowest BCUT2D eigenvalue weighted by Crippen LogP contribution is -2.27. The number of primary amides is 1. The molecule has 6 heteroatoms. The van der Waals surface area contributed by atoms with E-state index in [1.165, 1.54) is 0 Å². The van der Waals surface area contributed by atoms with Gasteiger partial charge in [0.1, 0.15) is 0 Å². The lowest BCUT2D eigenvalue weighted by atomic mass is 10.2. The highest BCUT2D eigenvalue weighted by Crippen LogP contribution is 1.91. The van der Waals surface area contributed by atoms with E-state index in [9.17, 15) is 9.59 Å². The molecule has 0 aliphatic heterocycles. The second kappa shape index (κ2) is 5.79. The average Bonchev–Trinajstić information content (AvgIpc) is 2.67. The topological polar surface area (TPSA) is 101 Å². The second-order valence-electron chi connectivity index (χ2n) is 3.14. The summed E-state index contributed by atoms with van der Waals surface area (Å²) in [5.41, 5.74) is 5.88. The molecule has 82 valence electrons. The predicted octanol–water partition coefficient (Wildman–Crippen LogP) is -0.666. The third-order valence-electron chi connectivity index (χ3n) is 1.87. The van der Waals surface area contributed by atoms with Crippen LogP contribution in [0.5, 0.6) is 0 Å². The third kappa shape index (κ3) is 4.80. The molecule has 0 aliphatic carbocycles. The van der Waals surface area contributed by atoms with E-state index in [1.807, 2.05) is 0 Å². The van der Waals surface area contributed by atoms with E-state index in [1.54, 1.807) is 12.5 Å². The van der Waals surface area contributed by atoms with Crippen LogP contribution in [-0.4, -0.2) is 28.3 Å². The van der Waals surface area contributed by atoms with Gasteiger partial charge in [-0.15, -0.1) is 0 Å². The van der Waals surface area contributed by atoms with E-state index in [4.69, 9.17) is 5.73 Å². The lowest BCUT2D eigenvalue weighted by molar-refractivity contribution is -0.125. The maximum Gasteiger partial charge on any atom is 0.220 e. The summed E-state index contributed by atoms with van der Waals surface area (Å²) in [7, 11) is 0. The molecule has 0 radical (unpaired) electrons. The van der Waals surface area contributed by atoms with E-state index in [0.29, 0.717) is 13.0 Å². The normalized spacial score (nSPS) is 9.87. The quantitative estimate of drug-likeness (QED) is 0.580. The van der Waals surface area contributed by atoms with Crippen molar-refractivity contribution in [2.45, 2.75) is 19.3 Å². The number of nitrogens with zero attached hydrogens (tertiary/aromatic N) is 1. The van der Waals surface area contributed by atoms with Crippen molar-refractivity contribution in [1.82, 2.24) is 15.3 Å². The second-order valence-corrected chi connectivity index (χ2v) is 3.14. The molecular weight excluding hydrogens is 196 g/mol.